The summed E-state index contributed by atoms with van der Waals surface area (Å²) >= 11 is 1.91. The Morgan fingerprint density at radius 1 is 1.44 bits per heavy atom. The summed E-state index contributed by atoms with van der Waals surface area (Å²) in [5, 5.41) is 3.33. The number of pyridine rings is 1. The van der Waals surface area contributed by atoms with Crippen LogP contribution in [0.2, 0.25) is 0 Å². The molecule has 0 aromatic carbocycles. The minimum absolute atomic E-state index is 0.634. The number of thioether (sulfide) groups is 1. The van der Waals surface area contributed by atoms with Crippen molar-refractivity contribution >= 4 is 17.6 Å². The molecule has 1 rings (SSSR count). The van der Waals surface area contributed by atoms with Crippen LogP contribution >= 0.6 is 11.8 Å². The number of rotatable bonds is 8. The first kappa shape index (κ1) is 15.3. The second-order valence-electron chi connectivity index (χ2n) is 4.47. The Bertz CT molecular complexity index is 344. The summed E-state index contributed by atoms with van der Waals surface area (Å²) < 4.78 is 0. The van der Waals surface area contributed by atoms with Crippen LogP contribution in [0.25, 0.3) is 0 Å². The van der Waals surface area contributed by atoms with Crippen LogP contribution in [0.15, 0.2) is 18.3 Å². The van der Waals surface area contributed by atoms with Gasteiger partial charge in [0.1, 0.15) is 5.82 Å². The Labute approximate surface area is 115 Å². The molecule has 1 atom stereocenters. The topological polar surface area (TPSA) is 28.2 Å². The van der Waals surface area contributed by atoms with Crippen LogP contribution in [0.4, 0.5) is 5.82 Å². The summed E-state index contributed by atoms with van der Waals surface area (Å²) in [6.45, 7) is 6.22. The second kappa shape index (κ2) is 8.38. The smallest absolute Gasteiger partial charge is 0.130 e. The van der Waals surface area contributed by atoms with Gasteiger partial charge in [-0.25, -0.2) is 4.98 Å². The summed E-state index contributed by atoms with van der Waals surface area (Å²) in [4.78, 5) is 6.83. The van der Waals surface area contributed by atoms with Gasteiger partial charge in [0, 0.05) is 36.6 Å². The van der Waals surface area contributed by atoms with E-state index in [1.54, 1.807) is 0 Å². The highest BCUT2D eigenvalue weighted by atomic mass is 32.2. The molecule has 1 aromatic rings. The number of nitrogens with one attached hydrogen (secondary N) is 1. The van der Waals surface area contributed by atoms with E-state index in [1.807, 2.05) is 24.0 Å². The summed E-state index contributed by atoms with van der Waals surface area (Å²) in [7, 11) is 2.20. The zero-order valence-electron chi connectivity index (χ0n) is 11.9. The van der Waals surface area contributed by atoms with E-state index in [2.05, 4.69) is 48.4 Å². The molecule has 0 saturated heterocycles. The molecule has 18 heavy (non-hydrogen) atoms. The van der Waals surface area contributed by atoms with Crippen molar-refractivity contribution in [2.75, 3.05) is 30.9 Å². The quantitative estimate of drug-likeness (QED) is 0.783. The molecule has 0 aliphatic heterocycles. The minimum atomic E-state index is 0.634. The Balaban J connectivity index is 2.70. The van der Waals surface area contributed by atoms with Crippen molar-refractivity contribution in [1.82, 2.24) is 9.88 Å². The molecule has 1 aromatic heterocycles. The van der Waals surface area contributed by atoms with E-state index >= 15 is 0 Å². The molecule has 0 bridgehead atoms. The van der Waals surface area contributed by atoms with Gasteiger partial charge in [-0.2, -0.15) is 11.8 Å². The Kier molecular flexibility index (Phi) is 7.13. The maximum absolute atomic E-state index is 4.41. The minimum Gasteiger partial charge on any atom is -0.370 e. The monoisotopic (exact) mass is 267 g/mol. The van der Waals surface area contributed by atoms with Crippen molar-refractivity contribution in [2.24, 2.45) is 0 Å². The van der Waals surface area contributed by atoms with Gasteiger partial charge < -0.3 is 5.32 Å². The Hall–Kier alpha value is -0.740. The molecule has 4 heteroatoms. The summed E-state index contributed by atoms with van der Waals surface area (Å²) in [5.41, 5.74) is 1.28. The lowest BCUT2D eigenvalue weighted by atomic mass is 10.2. The van der Waals surface area contributed by atoms with Crippen molar-refractivity contribution in [2.45, 2.75) is 32.9 Å². The Morgan fingerprint density at radius 3 is 2.83 bits per heavy atom. The van der Waals surface area contributed by atoms with Crippen LogP contribution in [-0.2, 0) is 6.54 Å². The van der Waals surface area contributed by atoms with Crippen LogP contribution in [0.3, 0.4) is 0 Å². The van der Waals surface area contributed by atoms with Crippen molar-refractivity contribution in [3.05, 3.63) is 23.9 Å². The lowest BCUT2D eigenvalue weighted by Gasteiger charge is -2.27. The van der Waals surface area contributed by atoms with Crippen molar-refractivity contribution in [3.63, 3.8) is 0 Å². The zero-order chi connectivity index (χ0) is 13.4. The van der Waals surface area contributed by atoms with Crippen LogP contribution in [-0.4, -0.2) is 41.5 Å². The molecule has 0 spiro atoms. The predicted molar refractivity (Wildman–Crippen MR) is 82.3 cm³/mol. The summed E-state index contributed by atoms with van der Waals surface area (Å²) in [6, 6.07) is 4.81. The predicted octanol–water partition coefficient (Wildman–Crippen LogP) is 3.09. The Morgan fingerprint density at radius 2 is 2.22 bits per heavy atom. The van der Waals surface area contributed by atoms with Crippen LogP contribution in [0.5, 0.6) is 0 Å². The first-order valence-electron chi connectivity index (χ1n) is 6.59. The molecular weight excluding hydrogens is 242 g/mol. The molecule has 0 fully saturated rings. The molecular formula is C14H25N3S. The van der Waals surface area contributed by atoms with Gasteiger partial charge in [-0.15, -0.1) is 0 Å². The zero-order valence-corrected chi connectivity index (χ0v) is 12.8. The van der Waals surface area contributed by atoms with Gasteiger partial charge >= 0.3 is 0 Å². The van der Waals surface area contributed by atoms with Crippen molar-refractivity contribution in [3.8, 4) is 0 Å². The molecule has 1 heterocycles. The third kappa shape index (κ3) is 4.50. The molecule has 0 radical (unpaired) electrons. The molecule has 102 valence electrons. The van der Waals surface area contributed by atoms with Crippen LogP contribution in [0, 0.1) is 0 Å². The van der Waals surface area contributed by atoms with E-state index in [0.29, 0.717) is 6.04 Å². The van der Waals surface area contributed by atoms with E-state index in [-0.39, 0.29) is 0 Å². The lowest BCUT2D eigenvalue weighted by molar-refractivity contribution is 0.248. The number of nitrogens with zero attached hydrogens (tertiary/aromatic N) is 2. The number of hydrogen-bond donors (Lipinski definition) is 1. The molecule has 0 aliphatic rings. The molecule has 0 aliphatic carbocycles. The van der Waals surface area contributed by atoms with Gasteiger partial charge in [0.05, 0.1) is 0 Å². The fourth-order valence-electron chi connectivity index (χ4n) is 2.04. The van der Waals surface area contributed by atoms with Gasteiger partial charge in [0.25, 0.3) is 0 Å². The lowest BCUT2D eigenvalue weighted by Crippen LogP contribution is -2.33. The van der Waals surface area contributed by atoms with Crippen LogP contribution < -0.4 is 5.32 Å². The fourth-order valence-corrected chi connectivity index (χ4v) is 2.91. The van der Waals surface area contributed by atoms with Gasteiger partial charge in [0.15, 0.2) is 0 Å². The standard InChI is InChI=1S/C14H25N3S/c1-5-13(11-18-4)17(3)10-12-8-7-9-16-14(12)15-6-2/h7-9,13H,5-6,10-11H2,1-4H3,(H,15,16). The molecule has 3 nitrogen and oxygen atoms in total. The highest BCUT2D eigenvalue weighted by Crippen LogP contribution is 2.17. The van der Waals surface area contributed by atoms with E-state index in [1.165, 1.54) is 17.7 Å². The first-order chi connectivity index (χ1) is 8.72. The molecule has 0 saturated carbocycles. The number of hydrogen-bond acceptors (Lipinski definition) is 4. The molecule has 1 N–H and O–H groups in total. The highest BCUT2D eigenvalue weighted by Gasteiger charge is 2.14. The third-order valence-corrected chi connectivity index (χ3v) is 3.83. The van der Waals surface area contributed by atoms with Gasteiger partial charge in [0.2, 0.25) is 0 Å². The first-order valence-corrected chi connectivity index (χ1v) is 7.99. The van der Waals surface area contributed by atoms with E-state index < -0.39 is 0 Å². The van der Waals surface area contributed by atoms with E-state index in [0.717, 1.165) is 18.9 Å². The number of aromatic nitrogens is 1. The van der Waals surface area contributed by atoms with E-state index in [9.17, 15) is 0 Å². The SMILES string of the molecule is CCNc1ncccc1CN(C)C(CC)CSC. The maximum Gasteiger partial charge on any atom is 0.130 e. The second-order valence-corrected chi connectivity index (χ2v) is 5.38. The summed E-state index contributed by atoms with van der Waals surface area (Å²) in [6.07, 6.45) is 5.21. The molecule has 0 amide bonds. The normalized spacial score (nSPS) is 12.7. The molecule has 1 unspecified atom stereocenters. The van der Waals surface area contributed by atoms with Crippen molar-refractivity contribution < 1.29 is 0 Å². The largest absolute Gasteiger partial charge is 0.370 e. The van der Waals surface area contributed by atoms with E-state index in [4.69, 9.17) is 0 Å². The van der Waals surface area contributed by atoms with Crippen LogP contribution in [0.1, 0.15) is 25.8 Å². The number of anilines is 1. The van der Waals surface area contributed by atoms with Crippen molar-refractivity contribution in [1.29, 1.82) is 0 Å². The van der Waals surface area contributed by atoms with Gasteiger partial charge in [-0.05, 0) is 32.7 Å². The average Bonchev–Trinajstić information content (AvgIpc) is 2.38. The van der Waals surface area contributed by atoms with Gasteiger partial charge in [-0.1, -0.05) is 13.0 Å². The third-order valence-electron chi connectivity index (χ3n) is 3.11. The average molecular weight is 267 g/mol. The van der Waals surface area contributed by atoms with Gasteiger partial charge in [-0.3, -0.25) is 4.90 Å². The fraction of sp³-hybridized carbons (Fsp3) is 0.643. The summed E-state index contributed by atoms with van der Waals surface area (Å²) in [5.74, 6) is 2.20. The highest BCUT2D eigenvalue weighted by molar-refractivity contribution is 7.98. The maximum atomic E-state index is 4.41.